The lowest BCUT2D eigenvalue weighted by molar-refractivity contribution is 0.177. The molecule has 3 rings (SSSR count). The van der Waals surface area contributed by atoms with Crippen molar-refractivity contribution in [2.24, 2.45) is 0 Å². The van der Waals surface area contributed by atoms with Crippen molar-refractivity contribution in [2.75, 3.05) is 32.4 Å². The summed E-state index contributed by atoms with van der Waals surface area (Å²) in [7, 11) is -3.10. The Bertz CT molecular complexity index is 780. The van der Waals surface area contributed by atoms with Crippen LogP contribution in [0, 0.1) is 6.92 Å². The molecule has 7 nitrogen and oxygen atoms in total. The third kappa shape index (κ3) is 3.95. The fraction of sp³-hybridized carbons (Fsp3) is 0.467. The summed E-state index contributed by atoms with van der Waals surface area (Å²) in [6.45, 7) is 4.92. The molecule has 1 aromatic carbocycles. The van der Waals surface area contributed by atoms with Gasteiger partial charge in [-0.2, -0.15) is 9.29 Å². The van der Waals surface area contributed by atoms with Crippen LogP contribution in [0.4, 0.5) is 0 Å². The molecule has 1 fully saturated rings. The van der Waals surface area contributed by atoms with Gasteiger partial charge in [0.25, 0.3) is 5.89 Å². The molecule has 0 aliphatic carbocycles. The van der Waals surface area contributed by atoms with E-state index in [1.807, 2.05) is 31.2 Å². The minimum atomic E-state index is -3.10. The van der Waals surface area contributed by atoms with E-state index >= 15 is 0 Å². The number of sulfonamides is 1. The highest BCUT2D eigenvalue weighted by Crippen LogP contribution is 2.19. The van der Waals surface area contributed by atoms with Crippen molar-refractivity contribution < 1.29 is 12.9 Å². The average molecular weight is 336 g/mol. The maximum absolute atomic E-state index is 11.5. The first kappa shape index (κ1) is 16.1. The lowest BCUT2D eigenvalue weighted by Gasteiger charge is -2.32. The summed E-state index contributed by atoms with van der Waals surface area (Å²) in [5.74, 6) is 1.13. The Hall–Kier alpha value is -1.77. The van der Waals surface area contributed by atoms with E-state index in [0.717, 1.165) is 11.1 Å². The summed E-state index contributed by atoms with van der Waals surface area (Å²) in [5.41, 5.74) is 2.05. The van der Waals surface area contributed by atoms with Gasteiger partial charge >= 0.3 is 0 Å². The minimum Gasteiger partial charge on any atom is -0.334 e. The summed E-state index contributed by atoms with van der Waals surface area (Å²) in [6, 6.07) is 7.92. The first-order chi connectivity index (χ1) is 10.9. The van der Waals surface area contributed by atoms with Gasteiger partial charge in [0, 0.05) is 31.7 Å². The van der Waals surface area contributed by atoms with Crippen molar-refractivity contribution in [3.63, 3.8) is 0 Å². The van der Waals surface area contributed by atoms with E-state index in [-0.39, 0.29) is 0 Å². The standard InChI is InChI=1S/C15H20N4O3S/c1-12-4-3-5-13(10-12)15-16-14(17-22-15)11-18-6-8-19(9-7-18)23(2,20)21/h3-5,10H,6-9,11H2,1-2H3. The number of aromatic nitrogens is 2. The molecule has 0 spiro atoms. The lowest BCUT2D eigenvalue weighted by atomic mass is 10.1. The molecule has 0 bridgehead atoms. The Morgan fingerprint density at radius 1 is 1.22 bits per heavy atom. The van der Waals surface area contributed by atoms with Crippen LogP contribution in [0.25, 0.3) is 11.5 Å². The molecule has 0 unspecified atom stereocenters. The van der Waals surface area contributed by atoms with Crippen molar-refractivity contribution in [1.82, 2.24) is 19.3 Å². The number of benzene rings is 1. The summed E-state index contributed by atoms with van der Waals surface area (Å²) >= 11 is 0. The first-order valence-corrected chi connectivity index (χ1v) is 9.34. The van der Waals surface area contributed by atoms with Crippen molar-refractivity contribution in [2.45, 2.75) is 13.5 Å². The van der Waals surface area contributed by atoms with Crippen LogP contribution < -0.4 is 0 Å². The summed E-state index contributed by atoms with van der Waals surface area (Å²) in [5, 5.41) is 4.02. The van der Waals surface area contributed by atoms with Crippen LogP contribution in [-0.2, 0) is 16.6 Å². The molecule has 1 aliphatic rings. The number of piperazine rings is 1. The molecule has 2 heterocycles. The molecule has 8 heteroatoms. The SMILES string of the molecule is Cc1cccc(-c2nc(CN3CCN(S(C)(=O)=O)CC3)no2)c1. The zero-order chi connectivity index (χ0) is 16.4. The van der Waals surface area contributed by atoms with Crippen LogP contribution in [-0.4, -0.2) is 60.2 Å². The molecule has 23 heavy (non-hydrogen) atoms. The van der Waals surface area contributed by atoms with Crippen LogP contribution in [0.2, 0.25) is 0 Å². The normalized spacial score (nSPS) is 17.5. The summed E-state index contributed by atoms with van der Waals surface area (Å²) < 4.78 is 29.8. The number of hydrogen-bond donors (Lipinski definition) is 0. The molecule has 0 amide bonds. The van der Waals surface area contributed by atoms with Gasteiger partial charge in [-0.25, -0.2) is 8.42 Å². The van der Waals surface area contributed by atoms with E-state index in [9.17, 15) is 8.42 Å². The van der Waals surface area contributed by atoms with Crippen molar-refractivity contribution in [3.05, 3.63) is 35.7 Å². The molecule has 0 radical (unpaired) electrons. The van der Waals surface area contributed by atoms with Crippen LogP contribution in [0.15, 0.2) is 28.8 Å². The molecular weight excluding hydrogens is 316 g/mol. The van der Waals surface area contributed by atoms with Crippen molar-refractivity contribution >= 4 is 10.0 Å². The molecule has 2 aromatic rings. The van der Waals surface area contributed by atoms with Crippen LogP contribution >= 0.6 is 0 Å². The molecule has 1 aliphatic heterocycles. The quantitative estimate of drug-likeness (QED) is 0.832. The predicted octanol–water partition coefficient (Wildman–Crippen LogP) is 1.12. The van der Waals surface area contributed by atoms with Gasteiger partial charge in [0.1, 0.15) is 0 Å². The van der Waals surface area contributed by atoms with E-state index in [0.29, 0.717) is 44.4 Å². The van der Waals surface area contributed by atoms with Gasteiger partial charge in [0.2, 0.25) is 10.0 Å². The van der Waals surface area contributed by atoms with Gasteiger partial charge in [-0.05, 0) is 19.1 Å². The number of hydrogen-bond acceptors (Lipinski definition) is 6. The second-order valence-electron chi connectivity index (χ2n) is 5.82. The number of nitrogens with zero attached hydrogens (tertiary/aromatic N) is 4. The average Bonchev–Trinajstić information content (AvgIpc) is 2.95. The minimum absolute atomic E-state index is 0.501. The van der Waals surface area contributed by atoms with Gasteiger partial charge < -0.3 is 4.52 Å². The van der Waals surface area contributed by atoms with Gasteiger partial charge in [-0.1, -0.05) is 22.9 Å². The molecule has 0 saturated carbocycles. The Morgan fingerprint density at radius 3 is 2.61 bits per heavy atom. The third-order valence-electron chi connectivity index (χ3n) is 3.90. The smallest absolute Gasteiger partial charge is 0.257 e. The number of rotatable bonds is 4. The summed E-state index contributed by atoms with van der Waals surface area (Å²) in [6.07, 6.45) is 1.25. The first-order valence-electron chi connectivity index (χ1n) is 7.49. The van der Waals surface area contributed by atoms with E-state index in [1.54, 1.807) is 0 Å². The van der Waals surface area contributed by atoms with Crippen molar-refractivity contribution in [1.29, 1.82) is 0 Å². The van der Waals surface area contributed by atoms with E-state index in [1.165, 1.54) is 10.6 Å². The predicted molar refractivity (Wildman–Crippen MR) is 86.2 cm³/mol. The Balaban J connectivity index is 1.62. The van der Waals surface area contributed by atoms with Gasteiger partial charge in [0.05, 0.1) is 12.8 Å². The molecule has 1 aromatic heterocycles. The van der Waals surface area contributed by atoms with Gasteiger partial charge in [-0.3, -0.25) is 4.90 Å². The molecule has 0 N–H and O–H groups in total. The van der Waals surface area contributed by atoms with Crippen LogP contribution in [0.1, 0.15) is 11.4 Å². The van der Waals surface area contributed by atoms with E-state index in [4.69, 9.17) is 4.52 Å². The van der Waals surface area contributed by atoms with Crippen LogP contribution in [0.5, 0.6) is 0 Å². The maximum Gasteiger partial charge on any atom is 0.257 e. The second-order valence-corrected chi connectivity index (χ2v) is 7.81. The number of aryl methyl sites for hydroxylation is 1. The maximum atomic E-state index is 11.5. The molecule has 0 atom stereocenters. The lowest BCUT2D eigenvalue weighted by Crippen LogP contribution is -2.47. The Kier molecular flexibility index (Phi) is 4.47. The molecular formula is C15H20N4O3S. The van der Waals surface area contributed by atoms with Gasteiger partial charge in [0.15, 0.2) is 5.82 Å². The molecule has 124 valence electrons. The Morgan fingerprint density at radius 2 is 1.96 bits per heavy atom. The van der Waals surface area contributed by atoms with Crippen LogP contribution in [0.3, 0.4) is 0 Å². The highest BCUT2D eigenvalue weighted by molar-refractivity contribution is 7.88. The Labute approximate surface area is 136 Å². The zero-order valence-electron chi connectivity index (χ0n) is 13.3. The summed E-state index contributed by atoms with van der Waals surface area (Å²) in [4.78, 5) is 6.56. The van der Waals surface area contributed by atoms with E-state index < -0.39 is 10.0 Å². The second kappa shape index (κ2) is 6.38. The topological polar surface area (TPSA) is 79.5 Å². The van der Waals surface area contributed by atoms with Gasteiger partial charge in [-0.15, -0.1) is 0 Å². The third-order valence-corrected chi connectivity index (χ3v) is 5.20. The van der Waals surface area contributed by atoms with Crippen molar-refractivity contribution in [3.8, 4) is 11.5 Å². The molecule has 1 saturated heterocycles. The largest absolute Gasteiger partial charge is 0.334 e. The highest BCUT2D eigenvalue weighted by Gasteiger charge is 2.24. The van der Waals surface area contributed by atoms with E-state index in [2.05, 4.69) is 15.0 Å². The zero-order valence-corrected chi connectivity index (χ0v) is 14.1. The fourth-order valence-electron chi connectivity index (χ4n) is 2.63. The fourth-order valence-corrected chi connectivity index (χ4v) is 3.46. The monoisotopic (exact) mass is 336 g/mol. The highest BCUT2D eigenvalue weighted by atomic mass is 32.2.